The van der Waals surface area contributed by atoms with Crippen molar-refractivity contribution in [3.05, 3.63) is 0 Å². The molecule has 2 rings (SSSR count). The van der Waals surface area contributed by atoms with Gasteiger partial charge in [-0.05, 0) is 57.3 Å². The Labute approximate surface area is 115 Å². The summed E-state index contributed by atoms with van der Waals surface area (Å²) < 4.78 is 0. The van der Waals surface area contributed by atoms with Crippen LogP contribution in [-0.4, -0.2) is 49.1 Å². The summed E-state index contributed by atoms with van der Waals surface area (Å²) in [7, 11) is 0. The molecule has 0 aromatic carbocycles. The van der Waals surface area contributed by atoms with Crippen LogP contribution in [0.2, 0.25) is 0 Å². The van der Waals surface area contributed by atoms with Crippen molar-refractivity contribution in [1.82, 2.24) is 9.80 Å². The van der Waals surface area contributed by atoms with Crippen LogP contribution in [0.5, 0.6) is 0 Å². The zero-order valence-electron chi connectivity index (χ0n) is 13.1. The van der Waals surface area contributed by atoms with E-state index in [1.165, 1.54) is 65.0 Å². The molecule has 1 unspecified atom stereocenters. The highest BCUT2D eigenvalue weighted by atomic mass is 15.2. The van der Waals surface area contributed by atoms with E-state index in [1.807, 2.05) is 13.8 Å². The largest absolute Gasteiger partial charge is 0.303 e. The summed E-state index contributed by atoms with van der Waals surface area (Å²) in [5, 5.41) is 0. The summed E-state index contributed by atoms with van der Waals surface area (Å²) in [6.07, 6.45) is 5.71. The van der Waals surface area contributed by atoms with Gasteiger partial charge in [0.15, 0.2) is 0 Å². The van der Waals surface area contributed by atoms with E-state index in [-0.39, 0.29) is 0 Å². The van der Waals surface area contributed by atoms with Gasteiger partial charge < -0.3 is 9.80 Å². The van der Waals surface area contributed by atoms with Gasteiger partial charge in [-0.3, -0.25) is 0 Å². The van der Waals surface area contributed by atoms with Gasteiger partial charge in [0.05, 0.1) is 0 Å². The first-order valence-corrected chi connectivity index (χ1v) is 8.26. The van der Waals surface area contributed by atoms with Crippen molar-refractivity contribution in [2.75, 3.05) is 39.3 Å². The predicted octanol–water partition coefficient (Wildman–Crippen LogP) is 3.48. The molecule has 2 aliphatic rings. The molecule has 0 bridgehead atoms. The van der Waals surface area contributed by atoms with Crippen LogP contribution >= 0.6 is 0 Å². The van der Waals surface area contributed by atoms with Gasteiger partial charge in [-0.15, -0.1) is 0 Å². The molecule has 0 aromatic rings. The van der Waals surface area contributed by atoms with Crippen molar-refractivity contribution in [3.63, 3.8) is 0 Å². The minimum atomic E-state index is 0.957. The average Bonchev–Trinajstić information content (AvgIpc) is 2.89. The summed E-state index contributed by atoms with van der Waals surface area (Å²) in [4.78, 5) is 5.32. The van der Waals surface area contributed by atoms with E-state index in [2.05, 4.69) is 23.6 Å². The Hall–Kier alpha value is -0.0800. The van der Waals surface area contributed by atoms with E-state index in [0.717, 1.165) is 11.8 Å². The number of hydrogen-bond donors (Lipinski definition) is 0. The van der Waals surface area contributed by atoms with Crippen molar-refractivity contribution >= 4 is 0 Å². The molecule has 2 aliphatic heterocycles. The molecule has 108 valence electrons. The van der Waals surface area contributed by atoms with Crippen LogP contribution in [0.4, 0.5) is 0 Å². The van der Waals surface area contributed by atoms with Gasteiger partial charge in [-0.2, -0.15) is 0 Å². The van der Waals surface area contributed by atoms with Crippen LogP contribution in [0.3, 0.4) is 0 Å². The summed E-state index contributed by atoms with van der Waals surface area (Å²) in [5.41, 5.74) is 0. The molecule has 2 fully saturated rings. The number of rotatable bonds is 4. The lowest BCUT2D eigenvalue weighted by molar-refractivity contribution is 0.158. The molecule has 2 saturated heterocycles. The third-order valence-electron chi connectivity index (χ3n) is 4.62. The molecule has 0 spiro atoms. The molecule has 18 heavy (non-hydrogen) atoms. The molecule has 2 nitrogen and oxygen atoms in total. The first kappa shape index (κ1) is 16.0. The quantitative estimate of drug-likeness (QED) is 0.758. The van der Waals surface area contributed by atoms with Crippen LogP contribution in [0, 0.1) is 11.8 Å². The molecule has 0 amide bonds. The van der Waals surface area contributed by atoms with Crippen LogP contribution in [0.1, 0.15) is 53.4 Å². The molecule has 0 aromatic heterocycles. The maximum absolute atomic E-state index is 2.72. The van der Waals surface area contributed by atoms with E-state index < -0.39 is 0 Å². The van der Waals surface area contributed by atoms with Crippen LogP contribution in [-0.2, 0) is 0 Å². The molecule has 0 saturated carbocycles. The Morgan fingerprint density at radius 3 is 1.89 bits per heavy atom. The van der Waals surface area contributed by atoms with Crippen molar-refractivity contribution in [2.45, 2.75) is 53.4 Å². The molecule has 1 atom stereocenters. The summed E-state index contributed by atoms with van der Waals surface area (Å²) in [6, 6.07) is 0. The minimum Gasteiger partial charge on any atom is -0.303 e. The first-order valence-electron chi connectivity index (χ1n) is 8.26. The number of piperidine rings is 1. The number of likely N-dealkylation sites (tertiary alicyclic amines) is 2. The fourth-order valence-electron chi connectivity index (χ4n) is 3.29. The highest BCUT2D eigenvalue weighted by Gasteiger charge is 2.25. The number of nitrogens with zero attached hydrogens (tertiary/aromatic N) is 2. The lowest BCUT2D eigenvalue weighted by Gasteiger charge is -2.33. The van der Waals surface area contributed by atoms with E-state index in [1.54, 1.807) is 0 Å². The van der Waals surface area contributed by atoms with Gasteiger partial charge >= 0.3 is 0 Å². The van der Waals surface area contributed by atoms with Gasteiger partial charge in [0.25, 0.3) is 0 Å². The second kappa shape index (κ2) is 8.92. The summed E-state index contributed by atoms with van der Waals surface area (Å²) in [6.45, 7) is 16.7. The monoisotopic (exact) mass is 254 g/mol. The molecule has 0 N–H and O–H groups in total. The van der Waals surface area contributed by atoms with Gasteiger partial charge in [0, 0.05) is 13.1 Å². The van der Waals surface area contributed by atoms with Crippen molar-refractivity contribution in [3.8, 4) is 0 Å². The van der Waals surface area contributed by atoms with Crippen molar-refractivity contribution in [2.24, 2.45) is 11.8 Å². The van der Waals surface area contributed by atoms with Gasteiger partial charge in [-0.25, -0.2) is 0 Å². The number of hydrogen-bond acceptors (Lipinski definition) is 2. The second-order valence-electron chi connectivity index (χ2n) is 5.70. The fraction of sp³-hybridized carbons (Fsp3) is 1.00. The van der Waals surface area contributed by atoms with Gasteiger partial charge in [0.1, 0.15) is 0 Å². The maximum atomic E-state index is 2.72. The summed E-state index contributed by atoms with van der Waals surface area (Å²) >= 11 is 0. The zero-order valence-corrected chi connectivity index (χ0v) is 13.1. The Kier molecular flexibility index (Phi) is 7.92. The summed E-state index contributed by atoms with van der Waals surface area (Å²) in [5.74, 6) is 1.98. The Morgan fingerprint density at radius 2 is 1.39 bits per heavy atom. The highest BCUT2D eigenvalue weighted by molar-refractivity contribution is 4.80. The average molecular weight is 254 g/mol. The molecular formula is C16H34N2. The predicted molar refractivity (Wildman–Crippen MR) is 81.0 cm³/mol. The Morgan fingerprint density at radius 1 is 0.833 bits per heavy atom. The van der Waals surface area contributed by atoms with E-state index >= 15 is 0 Å². The molecular weight excluding hydrogens is 220 g/mol. The zero-order chi connectivity index (χ0) is 13.4. The molecule has 2 heteroatoms. The molecule has 0 aliphatic carbocycles. The SMILES string of the molecule is CC.CCC1CCN(CC2CCN(CC)C2)CC1. The second-order valence-corrected chi connectivity index (χ2v) is 5.70. The molecule has 0 radical (unpaired) electrons. The third-order valence-corrected chi connectivity index (χ3v) is 4.62. The van der Waals surface area contributed by atoms with E-state index in [0.29, 0.717) is 0 Å². The van der Waals surface area contributed by atoms with Gasteiger partial charge in [0.2, 0.25) is 0 Å². The standard InChI is InChI=1S/C14H28N2.C2H6/c1-3-13-5-9-16(10-6-13)12-14-7-8-15(4-2)11-14;1-2/h13-14H,3-12H2,1-2H3;1-2H3. The van der Waals surface area contributed by atoms with E-state index in [4.69, 9.17) is 0 Å². The Bertz CT molecular complexity index is 197. The van der Waals surface area contributed by atoms with Gasteiger partial charge in [-0.1, -0.05) is 34.1 Å². The fourth-order valence-corrected chi connectivity index (χ4v) is 3.29. The maximum Gasteiger partial charge on any atom is 0.00224 e. The molecule has 2 heterocycles. The normalized spacial score (nSPS) is 27.0. The topological polar surface area (TPSA) is 6.48 Å². The van der Waals surface area contributed by atoms with Crippen LogP contribution in [0.25, 0.3) is 0 Å². The third kappa shape index (κ3) is 4.89. The van der Waals surface area contributed by atoms with Crippen molar-refractivity contribution < 1.29 is 0 Å². The van der Waals surface area contributed by atoms with Crippen molar-refractivity contribution in [1.29, 1.82) is 0 Å². The Balaban J connectivity index is 0.000000771. The smallest absolute Gasteiger partial charge is 0.00224 e. The van der Waals surface area contributed by atoms with E-state index in [9.17, 15) is 0 Å². The lowest BCUT2D eigenvalue weighted by Crippen LogP contribution is -2.37. The minimum absolute atomic E-state index is 0.957. The lowest BCUT2D eigenvalue weighted by atomic mass is 9.94. The van der Waals surface area contributed by atoms with Crippen LogP contribution < -0.4 is 0 Å². The van der Waals surface area contributed by atoms with Crippen LogP contribution in [0.15, 0.2) is 0 Å². The highest BCUT2D eigenvalue weighted by Crippen LogP contribution is 2.23. The first-order chi connectivity index (χ1) is 8.81.